The Morgan fingerprint density at radius 2 is 2.12 bits per heavy atom. The molecule has 0 radical (unpaired) electrons. The van der Waals surface area contributed by atoms with Crippen LogP contribution in [-0.2, 0) is 20.7 Å². The second-order valence-electron chi connectivity index (χ2n) is 8.79. The van der Waals surface area contributed by atoms with Crippen molar-refractivity contribution in [3.63, 3.8) is 0 Å². The maximum atomic E-state index is 12.8. The molecule has 2 N–H and O–H groups in total. The predicted octanol–water partition coefficient (Wildman–Crippen LogP) is 2.42. The Hall–Kier alpha value is -2.56. The Morgan fingerprint density at radius 3 is 2.88 bits per heavy atom. The lowest BCUT2D eigenvalue weighted by Crippen LogP contribution is -2.56. The predicted molar refractivity (Wildman–Crippen MR) is 124 cm³/mol. The molecule has 3 aromatic heterocycles. The Bertz CT molecular complexity index is 1190. The second-order valence-corrected chi connectivity index (χ2v) is 10.5. The van der Waals surface area contributed by atoms with Crippen LogP contribution in [0.2, 0.25) is 0 Å². The van der Waals surface area contributed by atoms with Crippen LogP contribution in [0.1, 0.15) is 25.5 Å². The molecular weight excluding hydrogens is 428 g/mol. The maximum Gasteiger partial charge on any atom is 0.189 e. The van der Waals surface area contributed by atoms with E-state index in [4.69, 9.17) is 19.4 Å². The van der Waals surface area contributed by atoms with Gasteiger partial charge >= 0.3 is 0 Å². The van der Waals surface area contributed by atoms with Crippen molar-refractivity contribution in [2.45, 2.75) is 36.6 Å². The van der Waals surface area contributed by atoms with Gasteiger partial charge in [-0.05, 0) is 24.2 Å². The van der Waals surface area contributed by atoms with Crippen molar-refractivity contribution in [1.29, 1.82) is 0 Å². The number of nitrogens with zero attached hydrogens (tertiary/aromatic N) is 4. The zero-order valence-electron chi connectivity index (χ0n) is 18.3. The van der Waals surface area contributed by atoms with E-state index in [0.717, 1.165) is 46.6 Å². The van der Waals surface area contributed by atoms with Crippen molar-refractivity contribution in [3.8, 4) is 17.1 Å². The smallest absolute Gasteiger partial charge is 0.189 e. The molecule has 1 aliphatic carbocycles. The van der Waals surface area contributed by atoms with Crippen LogP contribution in [0, 0.1) is 0 Å². The van der Waals surface area contributed by atoms with Crippen molar-refractivity contribution in [1.82, 2.24) is 19.9 Å². The van der Waals surface area contributed by atoms with Crippen LogP contribution in [-0.4, -0.2) is 69.7 Å². The summed E-state index contributed by atoms with van der Waals surface area (Å²) in [5, 5.41) is 4.17. The molecule has 2 fully saturated rings. The normalized spacial score (nSPS) is 24.4. The van der Waals surface area contributed by atoms with Gasteiger partial charge in [-0.25, -0.2) is 15.0 Å². The van der Waals surface area contributed by atoms with Crippen molar-refractivity contribution in [2.24, 2.45) is 0 Å². The van der Waals surface area contributed by atoms with Crippen molar-refractivity contribution in [2.75, 3.05) is 43.3 Å². The molecule has 168 valence electrons. The van der Waals surface area contributed by atoms with Crippen LogP contribution in [0.4, 0.5) is 11.5 Å². The van der Waals surface area contributed by atoms with E-state index in [9.17, 15) is 4.55 Å². The number of H-pyrrole nitrogens is 1. The first kappa shape index (κ1) is 20.1. The quantitative estimate of drug-likeness (QED) is 0.578. The molecule has 0 aromatic carbocycles. The monoisotopic (exact) mass is 454 g/mol. The molecule has 9 nitrogen and oxygen atoms in total. The Morgan fingerprint density at radius 1 is 1.28 bits per heavy atom. The number of nitrogens with one attached hydrogen (secondary N) is 2. The minimum Gasteiger partial charge on any atom is -0.616 e. The number of rotatable bonds is 4. The fraction of sp³-hybridized carbons (Fsp3) is 0.500. The second kappa shape index (κ2) is 7.23. The molecule has 0 bridgehead atoms. The first-order valence-corrected chi connectivity index (χ1v) is 12.5. The van der Waals surface area contributed by atoms with Gasteiger partial charge in [-0.3, -0.25) is 0 Å². The van der Waals surface area contributed by atoms with Crippen LogP contribution in [0.3, 0.4) is 0 Å². The standard InChI is InChI=1S/C22H26N6O3S/c1-12-9-30-10-13-11-31-17-18(22(5-6-22)32(3)29)26-20(27-21(17)28(12)13)16-14-4-7-24-19(14)25-8-15(16)23-2/h4,7-8,12-13,23H,5-6,9-11H2,1-3H3,(H,24,25)/t12-,13+,32?/m1/s1. The van der Waals surface area contributed by atoms with E-state index in [0.29, 0.717) is 31.4 Å². The third-order valence-corrected chi connectivity index (χ3v) is 8.52. The fourth-order valence-corrected chi connectivity index (χ4v) is 6.05. The molecule has 5 heterocycles. The highest BCUT2D eigenvalue weighted by Crippen LogP contribution is 2.57. The van der Waals surface area contributed by atoms with E-state index >= 15 is 0 Å². The summed E-state index contributed by atoms with van der Waals surface area (Å²) < 4.78 is 24.4. The van der Waals surface area contributed by atoms with E-state index in [1.165, 1.54) is 0 Å². The highest BCUT2D eigenvalue weighted by molar-refractivity contribution is 7.91. The Labute approximate surface area is 189 Å². The van der Waals surface area contributed by atoms with Crippen molar-refractivity contribution >= 4 is 33.7 Å². The molecule has 1 unspecified atom stereocenters. The van der Waals surface area contributed by atoms with Gasteiger partial charge in [0, 0.05) is 31.5 Å². The number of morpholine rings is 1. The molecule has 6 rings (SSSR count). The zero-order valence-corrected chi connectivity index (χ0v) is 19.2. The molecule has 2 aliphatic heterocycles. The Kier molecular flexibility index (Phi) is 4.53. The summed E-state index contributed by atoms with van der Waals surface area (Å²) in [4.78, 5) is 20.1. The van der Waals surface area contributed by atoms with Gasteiger partial charge < -0.3 is 29.2 Å². The highest BCUT2D eigenvalue weighted by atomic mass is 32.2. The van der Waals surface area contributed by atoms with Gasteiger partial charge in [-0.15, -0.1) is 0 Å². The SMILES string of the molecule is CNc1cnc2[nH]ccc2c1-c1nc2c(c(C3([S+](C)[O-])CC3)n1)OC[C@@H]1COC[C@@H](C)N21. The zero-order chi connectivity index (χ0) is 22.0. The van der Waals surface area contributed by atoms with Crippen LogP contribution >= 0.6 is 0 Å². The van der Waals surface area contributed by atoms with E-state index in [1.807, 2.05) is 19.3 Å². The average Bonchev–Trinajstić information content (AvgIpc) is 3.48. The number of aromatic amines is 1. The summed E-state index contributed by atoms with van der Waals surface area (Å²) in [5.41, 5.74) is 3.26. The topological polar surface area (TPSA) is 111 Å². The lowest BCUT2D eigenvalue weighted by atomic mass is 10.1. The lowest BCUT2D eigenvalue weighted by molar-refractivity contribution is 0.0483. The molecule has 0 spiro atoms. The van der Waals surface area contributed by atoms with E-state index < -0.39 is 15.9 Å². The summed E-state index contributed by atoms with van der Waals surface area (Å²) in [7, 11) is 1.87. The fourth-order valence-electron chi connectivity index (χ4n) is 4.96. The largest absolute Gasteiger partial charge is 0.616 e. The minimum absolute atomic E-state index is 0.0950. The first-order chi connectivity index (χ1) is 15.5. The van der Waals surface area contributed by atoms with E-state index in [-0.39, 0.29) is 12.1 Å². The minimum atomic E-state index is -1.07. The van der Waals surface area contributed by atoms with Gasteiger partial charge in [0.25, 0.3) is 0 Å². The first-order valence-electron chi connectivity index (χ1n) is 10.9. The molecule has 32 heavy (non-hydrogen) atoms. The summed E-state index contributed by atoms with van der Waals surface area (Å²) in [6, 6.07) is 2.24. The molecular formula is C22H26N6O3S. The molecule has 1 saturated heterocycles. The molecule has 3 aliphatic rings. The summed E-state index contributed by atoms with van der Waals surface area (Å²) in [6.45, 7) is 3.89. The number of hydrogen-bond donors (Lipinski definition) is 2. The number of ether oxygens (including phenoxy) is 2. The van der Waals surface area contributed by atoms with Gasteiger partial charge in [0.1, 0.15) is 17.9 Å². The lowest BCUT2D eigenvalue weighted by Gasteiger charge is -2.45. The van der Waals surface area contributed by atoms with Gasteiger partial charge in [-0.2, -0.15) is 0 Å². The summed E-state index contributed by atoms with van der Waals surface area (Å²) in [6.07, 6.45) is 7.09. The molecule has 1 saturated carbocycles. The molecule has 3 atom stereocenters. The van der Waals surface area contributed by atoms with Gasteiger partial charge in [0.2, 0.25) is 0 Å². The Balaban J connectivity index is 1.63. The van der Waals surface area contributed by atoms with Gasteiger partial charge in [0.05, 0.1) is 49.0 Å². The number of hydrogen-bond acceptors (Lipinski definition) is 8. The number of anilines is 2. The van der Waals surface area contributed by atoms with Crippen molar-refractivity contribution in [3.05, 3.63) is 24.2 Å². The third kappa shape index (κ3) is 2.82. The number of pyridine rings is 1. The van der Waals surface area contributed by atoms with Gasteiger partial charge in [-0.1, -0.05) is 0 Å². The van der Waals surface area contributed by atoms with Crippen LogP contribution < -0.4 is 15.0 Å². The van der Waals surface area contributed by atoms with E-state index in [2.05, 4.69) is 27.1 Å². The molecule has 3 aromatic rings. The van der Waals surface area contributed by atoms with Crippen LogP contribution in [0.25, 0.3) is 22.4 Å². The van der Waals surface area contributed by atoms with Gasteiger partial charge in [0.15, 0.2) is 22.1 Å². The molecule has 0 amide bonds. The van der Waals surface area contributed by atoms with Crippen molar-refractivity contribution < 1.29 is 14.0 Å². The third-order valence-electron chi connectivity index (χ3n) is 6.82. The summed E-state index contributed by atoms with van der Waals surface area (Å²) in [5.74, 6) is 2.04. The highest BCUT2D eigenvalue weighted by Gasteiger charge is 2.58. The maximum absolute atomic E-state index is 12.8. The molecule has 10 heteroatoms. The summed E-state index contributed by atoms with van der Waals surface area (Å²) >= 11 is -1.07. The number of aromatic nitrogens is 4. The average molecular weight is 455 g/mol. The number of fused-ring (bicyclic) bond motifs is 4. The van der Waals surface area contributed by atoms with Crippen LogP contribution in [0.15, 0.2) is 18.5 Å². The van der Waals surface area contributed by atoms with E-state index in [1.54, 1.807) is 12.5 Å². The van der Waals surface area contributed by atoms with Crippen LogP contribution in [0.5, 0.6) is 5.75 Å².